The van der Waals surface area contributed by atoms with Crippen molar-refractivity contribution in [2.24, 2.45) is 0 Å². The number of ether oxygens (including phenoxy) is 1. The summed E-state index contributed by atoms with van der Waals surface area (Å²) in [6, 6.07) is 0. The van der Waals surface area contributed by atoms with Gasteiger partial charge in [0.1, 0.15) is 10.7 Å². The molecule has 0 amide bonds. The minimum atomic E-state index is 0.445. The van der Waals surface area contributed by atoms with Gasteiger partial charge in [-0.15, -0.1) is 5.10 Å². The zero-order chi connectivity index (χ0) is 11.2. The van der Waals surface area contributed by atoms with E-state index in [4.69, 9.17) is 4.74 Å². The maximum absolute atomic E-state index is 5.83. The van der Waals surface area contributed by atoms with E-state index in [1.807, 2.05) is 0 Å². The van der Waals surface area contributed by atoms with Crippen LogP contribution in [0.3, 0.4) is 0 Å². The van der Waals surface area contributed by atoms with E-state index >= 15 is 0 Å². The Labute approximate surface area is 101 Å². The summed E-state index contributed by atoms with van der Waals surface area (Å²) in [4.78, 5) is 0. The molecule has 4 nitrogen and oxygen atoms in total. The predicted molar refractivity (Wildman–Crippen MR) is 65.7 cm³/mol. The highest BCUT2D eigenvalue weighted by Gasteiger charge is 2.17. The van der Waals surface area contributed by atoms with Gasteiger partial charge in [-0.05, 0) is 19.3 Å². The largest absolute Gasteiger partial charge is 0.374 e. The highest BCUT2D eigenvalue weighted by Crippen LogP contribution is 2.24. The van der Waals surface area contributed by atoms with Crippen molar-refractivity contribution >= 4 is 16.5 Å². The van der Waals surface area contributed by atoms with Crippen LogP contribution in [-0.2, 0) is 11.3 Å². The molecule has 1 fully saturated rings. The van der Waals surface area contributed by atoms with Crippen LogP contribution in [0.2, 0.25) is 0 Å². The van der Waals surface area contributed by atoms with Gasteiger partial charge in [0.2, 0.25) is 0 Å². The molecule has 16 heavy (non-hydrogen) atoms. The summed E-state index contributed by atoms with van der Waals surface area (Å²) in [5.41, 5.74) is 0.963. The first kappa shape index (κ1) is 11.8. The third-order valence-corrected chi connectivity index (χ3v) is 3.58. The lowest BCUT2D eigenvalue weighted by atomic mass is 10.3. The minimum absolute atomic E-state index is 0.445. The zero-order valence-electron chi connectivity index (χ0n) is 9.74. The second-order valence-electron chi connectivity index (χ2n) is 4.19. The van der Waals surface area contributed by atoms with Crippen LogP contribution >= 0.6 is 11.5 Å². The second-order valence-corrected chi connectivity index (χ2v) is 4.95. The highest BCUT2D eigenvalue weighted by molar-refractivity contribution is 7.10. The molecule has 0 spiro atoms. The van der Waals surface area contributed by atoms with Crippen molar-refractivity contribution in [2.75, 3.05) is 11.9 Å². The van der Waals surface area contributed by atoms with Crippen molar-refractivity contribution in [1.82, 2.24) is 9.59 Å². The number of rotatable bonds is 6. The van der Waals surface area contributed by atoms with Crippen LogP contribution in [0.15, 0.2) is 0 Å². The Balaban J connectivity index is 1.80. The van der Waals surface area contributed by atoms with Crippen LogP contribution in [0, 0.1) is 0 Å². The van der Waals surface area contributed by atoms with E-state index in [0.29, 0.717) is 12.7 Å². The minimum Gasteiger partial charge on any atom is -0.374 e. The number of nitrogens with zero attached hydrogens (tertiary/aromatic N) is 2. The van der Waals surface area contributed by atoms with Crippen molar-refractivity contribution in [3.05, 3.63) is 5.69 Å². The van der Waals surface area contributed by atoms with Crippen molar-refractivity contribution < 1.29 is 4.74 Å². The summed E-state index contributed by atoms with van der Waals surface area (Å²) in [6.07, 6.45) is 6.58. The number of hydrogen-bond donors (Lipinski definition) is 1. The topological polar surface area (TPSA) is 47.0 Å². The third-order valence-electron chi connectivity index (χ3n) is 2.85. The zero-order valence-corrected chi connectivity index (χ0v) is 10.6. The Morgan fingerprint density at radius 1 is 1.44 bits per heavy atom. The van der Waals surface area contributed by atoms with E-state index in [1.54, 1.807) is 0 Å². The van der Waals surface area contributed by atoms with Crippen molar-refractivity contribution in [3.63, 3.8) is 0 Å². The van der Waals surface area contributed by atoms with E-state index in [1.165, 1.54) is 37.2 Å². The van der Waals surface area contributed by atoms with E-state index < -0.39 is 0 Å². The molecule has 0 saturated heterocycles. The van der Waals surface area contributed by atoms with Gasteiger partial charge in [0, 0.05) is 18.1 Å². The van der Waals surface area contributed by atoms with Crippen LogP contribution in [-0.4, -0.2) is 22.2 Å². The van der Waals surface area contributed by atoms with E-state index in [9.17, 15) is 0 Å². The first-order valence-electron chi connectivity index (χ1n) is 6.07. The molecule has 0 unspecified atom stereocenters. The summed E-state index contributed by atoms with van der Waals surface area (Å²) in [5.74, 6) is 0. The second kappa shape index (κ2) is 6.15. The first-order valence-corrected chi connectivity index (χ1v) is 6.84. The molecule has 0 bridgehead atoms. The summed E-state index contributed by atoms with van der Waals surface area (Å²) in [6.45, 7) is 3.73. The fourth-order valence-electron chi connectivity index (χ4n) is 1.93. The van der Waals surface area contributed by atoms with Crippen LogP contribution in [0.4, 0.5) is 5.00 Å². The molecule has 1 aliphatic rings. The molecule has 2 rings (SSSR count). The van der Waals surface area contributed by atoms with Crippen LogP contribution < -0.4 is 5.32 Å². The summed E-state index contributed by atoms with van der Waals surface area (Å²) in [5, 5.41) is 8.51. The number of aromatic nitrogens is 2. The van der Waals surface area contributed by atoms with Gasteiger partial charge >= 0.3 is 0 Å². The van der Waals surface area contributed by atoms with Gasteiger partial charge in [-0.2, -0.15) is 0 Å². The van der Waals surface area contributed by atoms with E-state index in [0.717, 1.165) is 23.7 Å². The van der Waals surface area contributed by atoms with Gasteiger partial charge in [0.05, 0.1) is 12.7 Å². The first-order chi connectivity index (χ1) is 7.90. The van der Waals surface area contributed by atoms with Crippen LogP contribution in [0.1, 0.15) is 44.7 Å². The van der Waals surface area contributed by atoms with Gasteiger partial charge in [0.15, 0.2) is 0 Å². The Hall–Kier alpha value is -0.680. The normalized spacial score (nSPS) is 16.8. The molecule has 1 aromatic rings. The van der Waals surface area contributed by atoms with Crippen LogP contribution in [0.5, 0.6) is 0 Å². The highest BCUT2D eigenvalue weighted by atomic mass is 32.1. The Morgan fingerprint density at radius 2 is 2.25 bits per heavy atom. The molecule has 5 heteroatoms. The molecule has 0 aromatic carbocycles. The van der Waals surface area contributed by atoms with Gasteiger partial charge in [-0.1, -0.05) is 24.3 Å². The molecular weight excluding hydrogens is 222 g/mol. The van der Waals surface area contributed by atoms with Gasteiger partial charge < -0.3 is 10.1 Å². The molecule has 90 valence electrons. The quantitative estimate of drug-likeness (QED) is 0.832. The smallest absolute Gasteiger partial charge is 0.135 e. The van der Waals surface area contributed by atoms with Gasteiger partial charge in [-0.25, -0.2) is 0 Å². The number of nitrogens with one attached hydrogen (secondary N) is 1. The monoisotopic (exact) mass is 241 g/mol. The molecule has 1 heterocycles. The third kappa shape index (κ3) is 3.15. The van der Waals surface area contributed by atoms with Crippen molar-refractivity contribution in [2.45, 2.75) is 51.7 Å². The number of hydrogen-bond acceptors (Lipinski definition) is 5. The predicted octanol–water partition coefficient (Wildman–Crippen LogP) is 2.82. The maximum atomic E-state index is 5.83. The standard InChI is InChI=1S/C11H19N3OS/c1-2-7-12-11-10(13-14-16-11)8-15-9-5-3-4-6-9/h9,12H,2-8H2,1H3. The molecule has 1 aromatic heterocycles. The van der Waals surface area contributed by atoms with Crippen LogP contribution in [0.25, 0.3) is 0 Å². The van der Waals surface area contributed by atoms with Gasteiger partial charge in [-0.3, -0.25) is 0 Å². The Morgan fingerprint density at radius 3 is 3.00 bits per heavy atom. The number of anilines is 1. The summed E-state index contributed by atoms with van der Waals surface area (Å²) >= 11 is 1.42. The average Bonchev–Trinajstić information content (AvgIpc) is 2.94. The lowest BCUT2D eigenvalue weighted by Gasteiger charge is -2.10. The Kier molecular flexibility index (Phi) is 4.54. The molecular formula is C11H19N3OS. The Bertz CT molecular complexity index is 310. The SMILES string of the molecule is CCCNc1snnc1COC1CCCC1. The molecule has 0 aliphatic heterocycles. The maximum Gasteiger partial charge on any atom is 0.135 e. The molecule has 1 N–H and O–H groups in total. The lowest BCUT2D eigenvalue weighted by molar-refractivity contribution is 0.0440. The molecule has 1 saturated carbocycles. The molecule has 1 aliphatic carbocycles. The van der Waals surface area contributed by atoms with Crippen molar-refractivity contribution in [1.29, 1.82) is 0 Å². The van der Waals surface area contributed by atoms with E-state index in [2.05, 4.69) is 21.8 Å². The molecule has 0 atom stereocenters. The fraction of sp³-hybridized carbons (Fsp3) is 0.818. The van der Waals surface area contributed by atoms with Crippen molar-refractivity contribution in [3.8, 4) is 0 Å². The molecule has 0 radical (unpaired) electrons. The summed E-state index contributed by atoms with van der Waals surface area (Å²) in [7, 11) is 0. The fourth-order valence-corrected chi connectivity index (χ4v) is 2.52. The average molecular weight is 241 g/mol. The lowest BCUT2D eigenvalue weighted by Crippen LogP contribution is -2.09. The summed E-state index contributed by atoms with van der Waals surface area (Å²) < 4.78 is 9.80. The van der Waals surface area contributed by atoms with E-state index in [-0.39, 0.29) is 0 Å². The van der Waals surface area contributed by atoms with Gasteiger partial charge in [0.25, 0.3) is 0 Å².